The SMILES string of the molecule is COc1ccc(C(=O)Nc2ccc(-c3nn4c(C)nnc4s3)cc2C)cc1. The van der Waals surface area contributed by atoms with Crippen LogP contribution in [0.3, 0.4) is 0 Å². The number of nitrogens with one attached hydrogen (secondary N) is 1. The first kappa shape index (κ1) is 17.2. The molecular weight excluding hydrogens is 362 g/mol. The van der Waals surface area contributed by atoms with Gasteiger partial charge in [0, 0.05) is 16.8 Å². The Kier molecular flexibility index (Phi) is 4.33. The molecule has 0 bridgehead atoms. The summed E-state index contributed by atoms with van der Waals surface area (Å²) in [7, 11) is 1.60. The van der Waals surface area contributed by atoms with Gasteiger partial charge in [-0.25, -0.2) is 0 Å². The van der Waals surface area contributed by atoms with Crippen molar-refractivity contribution in [2.75, 3.05) is 12.4 Å². The van der Waals surface area contributed by atoms with Crippen molar-refractivity contribution in [3.05, 3.63) is 59.4 Å². The lowest BCUT2D eigenvalue weighted by Crippen LogP contribution is -2.12. The standard InChI is InChI=1S/C19H17N5O2S/c1-11-10-14(18-23-24-12(2)21-22-19(24)27-18)6-9-16(11)20-17(25)13-4-7-15(26-3)8-5-13/h4-10H,1-3H3,(H,20,25). The lowest BCUT2D eigenvalue weighted by atomic mass is 10.1. The quantitative estimate of drug-likeness (QED) is 0.584. The Morgan fingerprint density at radius 2 is 1.89 bits per heavy atom. The molecule has 27 heavy (non-hydrogen) atoms. The summed E-state index contributed by atoms with van der Waals surface area (Å²) in [5.41, 5.74) is 3.27. The lowest BCUT2D eigenvalue weighted by molar-refractivity contribution is 0.102. The minimum absolute atomic E-state index is 0.164. The predicted molar refractivity (Wildman–Crippen MR) is 105 cm³/mol. The number of benzene rings is 2. The fourth-order valence-electron chi connectivity index (χ4n) is 2.71. The molecule has 0 unspecified atom stereocenters. The van der Waals surface area contributed by atoms with E-state index in [9.17, 15) is 4.79 Å². The smallest absolute Gasteiger partial charge is 0.255 e. The summed E-state index contributed by atoms with van der Waals surface area (Å²) in [5, 5.41) is 16.5. The number of aryl methyl sites for hydroxylation is 2. The highest BCUT2D eigenvalue weighted by atomic mass is 32.1. The molecule has 1 amide bonds. The summed E-state index contributed by atoms with van der Waals surface area (Å²) < 4.78 is 6.85. The third kappa shape index (κ3) is 3.26. The maximum absolute atomic E-state index is 12.5. The molecule has 0 aliphatic carbocycles. The van der Waals surface area contributed by atoms with Crippen LogP contribution in [0.1, 0.15) is 21.7 Å². The van der Waals surface area contributed by atoms with Crippen molar-refractivity contribution in [2.45, 2.75) is 13.8 Å². The van der Waals surface area contributed by atoms with E-state index in [1.807, 2.05) is 32.0 Å². The highest BCUT2D eigenvalue weighted by Crippen LogP contribution is 2.29. The van der Waals surface area contributed by atoms with E-state index in [0.717, 1.165) is 32.6 Å². The molecule has 2 aromatic heterocycles. The van der Waals surface area contributed by atoms with Crippen LogP contribution in [0.2, 0.25) is 0 Å². The van der Waals surface area contributed by atoms with Crippen LogP contribution < -0.4 is 10.1 Å². The second-order valence-electron chi connectivity index (χ2n) is 6.06. The fraction of sp³-hybridized carbons (Fsp3) is 0.158. The molecule has 4 aromatic rings. The van der Waals surface area contributed by atoms with Crippen LogP contribution in [-0.4, -0.2) is 32.8 Å². The molecule has 0 aliphatic heterocycles. The highest BCUT2D eigenvalue weighted by Gasteiger charge is 2.13. The van der Waals surface area contributed by atoms with E-state index in [1.165, 1.54) is 11.3 Å². The number of rotatable bonds is 4. The first-order valence-corrected chi connectivity index (χ1v) is 9.12. The van der Waals surface area contributed by atoms with Gasteiger partial charge in [-0.1, -0.05) is 11.3 Å². The second kappa shape index (κ2) is 6.81. The maximum atomic E-state index is 12.5. The minimum atomic E-state index is -0.164. The van der Waals surface area contributed by atoms with Crippen molar-refractivity contribution in [1.82, 2.24) is 19.8 Å². The van der Waals surface area contributed by atoms with Gasteiger partial charge in [-0.05, 0) is 61.9 Å². The summed E-state index contributed by atoms with van der Waals surface area (Å²) in [6.45, 7) is 3.82. The average Bonchev–Trinajstić information content (AvgIpc) is 3.25. The van der Waals surface area contributed by atoms with E-state index >= 15 is 0 Å². The van der Waals surface area contributed by atoms with E-state index < -0.39 is 0 Å². The van der Waals surface area contributed by atoms with Crippen molar-refractivity contribution < 1.29 is 9.53 Å². The first-order chi connectivity index (χ1) is 13.0. The fourth-order valence-corrected chi connectivity index (χ4v) is 3.59. The summed E-state index contributed by atoms with van der Waals surface area (Å²) in [6, 6.07) is 12.8. The van der Waals surface area contributed by atoms with Crippen molar-refractivity contribution in [3.63, 3.8) is 0 Å². The van der Waals surface area contributed by atoms with Gasteiger partial charge >= 0.3 is 0 Å². The second-order valence-corrected chi connectivity index (χ2v) is 7.02. The summed E-state index contributed by atoms with van der Waals surface area (Å²) in [4.78, 5) is 13.2. The molecule has 0 spiro atoms. The van der Waals surface area contributed by atoms with Crippen molar-refractivity contribution in [3.8, 4) is 16.3 Å². The molecule has 1 N–H and O–H groups in total. The van der Waals surface area contributed by atoms with Crippen molar-refractivity contribution in [2.24, 2.45) is 0 Å². The zero-order chi connectivity index (χ0) is 19.0. The number of hydrogen-bond donors (Lipinski definition) is 1. The van der Waals surface area contributed by atoms with Gasteiger partial charge in [0.1, 0.15) is 10.8 Å². The molecule has 0 saturated heterocycles. The summed E-state index contributed by atoms with van der Waals surface area (Å²) in [6.07, 6.45) is 0. The Balaban J connectivity index is 1.56. The molecule has 8 heteroatoms. The normalized spacial score (nSPS) is 10.9. The largest absolute Gasteiger partial charge is 0.497 e. The molecule has 136 valence electrons. The van der Waals surface area contributed by atoms with Gasteiger partial charge in [0.2, 0.25) is 4.96 Å². The van der Waals surface area contributed by atoms with Crippen molar-refractivity contribution in [1.29, 1.82) is 0 Å². The zero-order valence-corrected chi connectivity index (χ0v) is 15.9. The van der Waals surface area contributed by atoms with Crippen LogP contribution in [0.15, 0.2) is 42.5 Å². The molecule has 2 heterocycles. The Labute approximate surface area is 159 Å². The van der Waals surface area contributed by atoms with E-state index in [1.54, 1.807) is 35.9 Å². The average molecular weight is 379 g/mol. The zero-order valence-electron chi connectivity index (χ0n) is 15.1. The number of carbonyl (C=O) groups excluding carboxylic acids is 1. The molecular formula is C19H17N5O2S. The van der Waals surface area contributed by atoms with Gasteiger partial charge in [0.05, 0.1) is 7.11 Å². The molecule has 0 radical (unpaired) electrons. The van der Waals surface area contributed by atoms with Crippen LogP contribution in [0.25, 0.3) is 15.5 Å². The topological polar surface area (TPSA) is 81.4 Å². The number of amides is 1. The molecule has 0 fully saturated rings. The molecule has 0 saturated carbocycles. The van der Waals surface area contributed by atoms with E-state index in [2.05, 4.69) is 20.6 Å². The first-order valence-electron chi connectivity index (χ1n) is 8.30. The van der Waals surface area contributed by atoms with Crippen LogP contribution in [0.5, 0.6) is 5.75 Å². The summed E-state index contributed by atoms with van der Waals surface area (Å²) in [5.74, 6) is 1.31. The van der Waals surface area contributed by atoms with Gasteiger partial charge in [0.15, 0.2) is 5.82 Å². The number of fused-ring (bicyclic) bond motifs is 1. The summed E-state index contributed by atoms with van der Waals surface area (Å²) >= 11 is 1.48. The van der Waals surface area contributed by atoms with Crippen molar-refractivity contribution >= 4 is 27.9 Å². The van der Waals surface area contributed by atoms with Crippen LogP contribution in [-0.2, 0) is 0 Å². The van der Waals surface area contributed by atoms with Gasteiger partial charge in [0.25, 0.3) is 5.91 Å². The lowest BCUT2D eigenvalue weighted by Gasteiger charge is -2.10. The number of methoxy groups -OCH3 is 1. The molecule has 0 atom stereocenters. The van der Waals surface area contributed by atoms with Gasteiger partial charge in [-0.3, -0.25) is 4.79 Å². The third-order valence-corrected chi connectivity index (χ3v) is 5.17. The van der Waals surface area contributed by atoms with Crippen LogP contribution in [0, 0.1) is 13.8 Å². The number of nitrogens with zero attached hydrogens (tertiary/aromatic N) is 4. The minimum Gasteiger partial charge on any atom is -0.497 e. The van der Waals surface area contributed by atoms with Gasteiger partial charge < -0.3 is 10.1 Å². The Morgan fingerprint density at radius 3 is 2.56 bits per heavy atom. The molecule has 4 rings (SSSR count). The Bertz CT molecular complexity index is 1130. The molecule has 2 aromatic carbocycles. The van der Waals surface area contributed by atoms with E-state index in [0.29, 0.717) is 11.3 Å². The number of hydrogen-bond acceptors (Lipinski definition) is 6. The monoisotopic (exact) mass is 379 g/mol. The molecule has 7 nitrogen and oxygen atoms in total. The number of ether oxygens (including phenoxy) is 1. The molecule has 0 aliphatic rings. The third-order valence-electron chi connectivity index (χ3n) is 4.22. The number of aromatic nitrogens is 4. The van der Waals surface area contributed by atoms with E-state index in [4.69, 9.17) is 4.74 Å². The Hall–Kier alpha value is -3.26. The van der Waals surface area contributed by atoms with Gasteiger partial charge in [-0.15, -0.1) is 10.2 Å². The van der Waals surface area contributed by atoms with Crippen LogP contribution >= 0.6 is 11.3 Å². The highest BCUT2D eigenvalue weighted by molar-refractivity contribution is 7.19. The Morgan fingerprint density at radius 1 is 1.11 bits per heavy atom. The number of carbonyl (C=O) groups is 1. The van der Waals surface area contributed by atoms with Gasteiger partial charge in [-0.2, -0.15) is 9.61 Å². The number of anilines is 1. The predicted octanol–water partition coefficient (Wildman–Crippen LogP) is 3.73. The maximum Gasteiger partial charge on any atom is 0.255 e. The van der Waals surface area contributed by atoms with E-state index in [-0.39, 0.29) is 5.91 Å². The van der Waals surface area contributed by atoms with Crippen LogP contribution in [0.4, 0.5) is 5.69 Å².